The Balaban J connectivity index is 2.76. The van der Waals surface area contributed by atoms with Gasteiger partial charge in [0.05, 0.1) is 12.4 Å². The fourth-order valence-corrected chi connectivity index (χ4v) is 1.46. The molecular weight excluding hydrogens is 194 g/mol. The van der Waals surface area contributed by atoms with Gasteiger partial charge < -0.3 is 15.0 Å². The van der Waals surface area contributed by atoms with Crippen LogP contribution in [-0.2, 0) is 4.79 Å². The lowest BCUT2D eigenvalue weighted by Gasteiger charge is -2.24. The molecule has 15 heavy (non-hydrogen) atoms. The number of imidazole rings is 1. The lowest BCUT2D eigenvalue weighted by Crippen LogP contribution is -2.45. The van der Waals surface area contributed by atoms with E-state index >= 15 is 0 Å². The van der Waals surface area contributed by atoms with E-state index in [4.69, 9.17) is 5.11 Å². The average Bonchev–Trinajstić information content (AvgIpc) is 2.65. The molecule has 0 radical (unpaired) electrons. The van der Waals surface area contributed by atoms with E-state index in [1.54, 1.807) is 23.3 Å². The monoisotopic (exact) mass is 211 g/mol. The smallest absolute Gasteiger partial charge is 0.322 e. The van der Waals surface area contributed by atoms with E-state index in [1.165, 1.54) is 0 Å². The number of carbonyl (C=O) groups is 1. The van der Waals surface area contributed by atoms with E-state index in [0.717, 1.165) is 0 Å². The number of aliphatic carboxylic acids is 1. The van der Waals surface area contributed by atoms with Crippen molar-refractivity contribution in [3.63, 3.8) is 0 Å². The fraction of sp³-hybridized carbons (Fsp3) is 0.600. The summed E-state index contributed by atoms with van der Waals surface area (Å²) >= 11 is 0. The molecule has 2 N–H and O–H groups in total. The Labute approximate surface area is 89.1 Å². The molecule has 1 aromatic heterocycles. The van der Waals surface area contributed by atoms with Crippen molar-refractivity contribution in [1.29, 1.82) is 0 Å². The van der Waals surface area contributed by atoms with Crippen molar-refractivity contribution in [2.45, 2.75) is 38.9 Å². The van der Waals surface area contributed by atoms with Gasteiger partial charge in [-0.15, -0.1) is 0 Å². The van der Waals surface area contributed by atoms with E-state index in [0.29, 0.717) is 0 Å². The van der Waals surface area contributed by atoms with Crippen LogP contribution in [0.1, 0.15) is 26.8 Å². The Morgan fingerprint density at radius 1 is 1.47 bits per heavy atom. The summed E-state index contributed by atoms with van der Waals surface area (Å²) in [5.74, 6) is -0.843. The lowest BCUT2D eigenvalue weighted by molar-refractivity contribution is -0.140. The van der Waals surface area contributed by atoms with Crippen LogP contribution in [0.25, 0.3) is 0 Å². The van der Waals surface area contributed by atoms with Crippen LogP contribution in [-0.4, -0.2) is 32.7 Å². The van der Waals surface area contributed by atoms with Crippen LogP contribution in [0.3, 0.4) is 0 Å². The molecule has 0 aliphatic rings. The number of nitrogens with one attached hydrogen (secondary N) is 1. The molecule has 2 atom stereocenters. The minimum atomic E-state index is -0.843. The summed E-state index contributed by atoms with van der Waals surface area (Å²) < 4.78 is 1.79. The van der Waals surface area contributed by atoms with E-state index < -0.39 is 12.0 Å². The largest absolute Gasteiger partial charge is 0.480 e. The summed E-state index contributed by atoms with van der Waals surface area (Å²) in [6, 6.07) is -0.622. The number of carboxylic acid groups (broad SMARTS) is 1. The second-order valence-electron chi connectivity index (χ2n) is 3.89. The van der Waals surface area contributed by atoms with Gasteiger partial charge in [0.25, 0.3) is 0 Å². The van der Waals surface area contributed by atoms with Crippen molar-refractivity contribution < 1.29 is 9.90 Å². The topological polar surface area (TPSA) is 67.2 Å². The third-order valence-corrected chi connectivity index (χ3v) is 2.26. The van der Waals surface area contributed by atoms with E-state index in [-0.39, 0.29) is 12.1 Å². The Bertz CT molecular complexity index is 308. The maximum Gasteiger partial charge on any atom is 0.322 e. The van der Waals surface area contributed by atoms with Crippen LogP contribution >= 0.6 is 0 Å². The Morgan fingerprint density at radius 2 is 2.13 bits per heavy atom. The van der Waals surface area contributed by atoms with Crippen LogP contribution in [0.4, 0.5) is 0 Å². The molecule has 84 valence electrons. The van der Waals surface area contributed by atoms with Gasteiger partial charge in [-0.3, -0.25) is 4.79 Å². The highest BCUT2D eigenvalue weighted by Gasteiger charge is 2.25. The van der Waals surface area contributed by atoms with Crippen LogP contribution < -0.4 is 5.32 Å². The van der Waals surface area contributed by atoms with E-state index in [9.17, 15) is 4.79 Å². The third-order valence-electron chi connectivity index (χ3n) is 2.26. The van der Waals surface area contributed by atoms with Gasteiger partial charge in [0.2, 0.25) is 0 Å². The molecule has 0 saturated heterocycles. The van der Waals surface area contributed by atoms with Crippen LogP contribution in [0.2, 0.25) is 0 Å². The maximum absolute atomic E-state index is 11.1. The normalized spacial score (nSPS) is 15.2. The molecule has 0 saturated carbocycles. The predicted octanol–water partition coefficient (Wildman–Crippen LogP) is 0.895. The highest BCUT2D eigenvalue weighted by molar-refractivity contribution is 5.74. The minimum Gasteiger partial charge on any atom is -0.480 e. The molecular formula is C10H17N3O2. The molecule has 0 spiro atoms. The molecule has 0 fully saturated rings. The van der Waals surface area contributed by atoms with Gasteiger partial charge in [0.1, 0.15) is 6.04 Å². The number of aromatic nitrogens is 2. The molecule has 0 aliphatic heterocycles. The SMILES string of the molecule is CC(C)NC(C(=O)O)C(C)n1ccnc1. The number of rotatable bonds is 5. The Hall–Kier alpha value is -1.36. The summed E-state index contributed by atoms with van der Waals surface area (Å²) in [5, 5.41) is 12.1. The predicted molar refractivity (Wildman–Crippen MR) is 56.6 cm³/mol. The first-order valence-electron chi connectivity index (χ1n) is 4.98. The van der Waals surface area contributed by atoms with Gasteiger partial charge in [-0.05, 0) is 6.92 Å². The second kappa shape index (κ2) is 4.93. The van der Waals surface area contributed by atoms with Crippen LogP contribution in [0.5, 0.6) is 0 Å². The zero-order chi connectivity index (χ0) is 11.4. The lowest BCUT2D eigenvalue weighted by atomic mass is 10.1. The molecule has 0 amide bonds. The number of hydrogen-bond donors (Lipinski definition) is 2. The number of carboxylic acids is 1. The standard InChI is InChI=1S/C10H17N3O2/c1-7(2)12-9(10(14)15)8(3)13-5-4-11-6-13/h4-9,12H,1-3H3,(H,14,15). The van der Waals surface area contributed by atoms with Crippen molar-refractivity contribution in [1.82, 2.24) is 14.9 Å². The summed E-state index contributed by atoms with van der Waals surface area (Å²) in [7, 11) is 0. The molecule has 2 unspecified atom stereocenters. The third kappa shape index (κ3) is 3.06. The number of nitrogens with zero attached hydrogens (tertiary/aromatic N) is 2. The van der Waals surface area contributed by atoms with Crippen molar-refractivity contribution >= 4 is 5.97 Å². The van der Waals surface area contributed by atoms with Gasteiger partial charge in [-0.1, -0.05) is 13.8 Å². The Kier molecular flexibility index (Phi) is 3.85. The molecule has 5 nitrogen and oxygen atoms in total. The molecule has 0 aromatic carbocycles. The van der Waals surface area contributed by atoms with Gasteiger partial charge in [0, 0.05) is 18.4 Å². The average molecular weight is 211 g/mol. The first-order chi connectivity index (χ1) is 7.02. The van der Waals surface area contributed by atoms with Crippen molar-refractivity contribution in [3.05, 3.63) is 18.7 Å². The molecule has 0 aliphatic carbocycles. The van der Waals surface area contributed by atoms with Gasteiger partial charge in [-0.2, -0.15) is 0 Å². The van der Waals surface area contributed by atoms with Crippen molar-refractivity contribution in [3.8, 4) is 0 Å². The molecule has 5 heteroatoms. The summed E-state index contributed by atoms with van der Waals surface area (Å²) in [6.45, 7) is 5.71. The highest BCUT2D eigenvalue weighted by Crippen LogP contribution is 2.11. The number of hydrogen-bond acceptors (Lipinski definition) is 3. The van der Waals surface area contributed by atoms with Gasteiger partial charge in [0.15, 0.2) is 0 Å². The molecule has 1 heterocycles. The zero-order valence-electron chi connectivity index (χ0n) is 9.21. The summed E-state index contributed by atoms with van der Waals surface area (Å²) in [5.41, 5.74) is 0. The summed E-state index contributed by atoms with van der Waals surface area (Å²) in [6.07, 6.45) is 5.04. The van der Waals surface area contributed by atoms with Crippen molar-refractivity contribution in [2.75, 3.05) is 0 Å². The minimum absolute atomic E-state index is 0.136. The zero-order valence-corrected chi connectivity index (χ0v) is 9.21. The fourth-order valence-electron chi connectivity index (χ4n) is 1.46. The van der Waals surface area contributed by atoms with Crippen LogP contribution in [0.15, 0.2) is 18.7 Å². The molecule has 0 bridgehead atoms. The first kappa shape index (κ1) is 11.7. The highest BCUT2D eigenvalue weighted by atomic mass is 16.4. The van der Waals surface area contributed by atoms with Gasteiger partial charge in [-0.25, -0.2) is 4.98 Å². The molecule has 1 rings (SSSR count). The Morgan fingerprint density at radius 3 is 2.53 bits per heavy atom. The first-order valence-corrected chi connectivity index (χ1v) is 4.98. The quantitative estimate of drug-likeness (QED) is 0.759. The van der Waals surface area contributed by atoms with Crippen LogP contribution in [0, 0.1) is 0 Å². The second-order valence-corrected chi connectivity index (χ2v) is 3.89. The van der Waals surface area contributed by atoms with E-state index in [2.05, 4.69) is 10.3 Å². The van der Waals surface area contributed by atoms with Crippen molar-refractivity contribution in [2.24, 2.45) is 0 Å². The molecule has 1 aromatic rings. The summed E-state index contributed by atoms with van der Waals surface area (Å²) in [4.78, 5) is 15.0. The maximum atomic E-state index is 11.1. The van der Waals surface area contributed by atoms with Gasteiger partial charge >= 0.3 is 5.97 Å². The van der Waals surface area contributed by atoms with E-state index in [1.807, 2.05) is 20.8 Å².